The first-order valence-corrected chi connectivity index (χ1v) is 6.17. The second-order valence-corrected chi connectivity index (χ2v) is 4.53. The van der Waals surface area contributed by atoms with Gasteiger partial charge in [0.05, 0.1) is 12.5 Å². The van der Waals surface area contributed by atoms with Crippen molar-refractivity contribution in [3.8, 4) is 0 Å². The first kappa shape index (κ1) is 13.5. The zero-order valence-electron chi connectivity index (χ0n) is 10.3. The van der Waals surface area contributed by atoms with Gasteiger partial charge in [0.2, 0.25) is 0 Å². The van der Waals surface area contributed by atoms with Gasteiger partial charge >= 0.3 is 5.97 Å². The standard InChI is InChI=1S/C12H23NO3/c1-3-15-8-9(2)16-12(14)10-5-4-6-11(13)7-10/h9-11H,3-8,13H2,1-2H3. The van der Waals surface area contributed by atoms with Crippen molar-refractivity contribution in [2.24, 2.45) is 11.7 Å². The van der Waals surface area contributed by atoms with Crippen molar-refractivity contribution >= 4 is 5.97 Å². The van der Waals surface area contributed by atoms with Gasteiger partial charge in [-0.1, -0.05) is 6.42 Å². The molecule has 0 amide bonds. The van der Waals surface area contributed by atoms with Crippen LogP contribution in [-0.2, 0) is 14.3 Å². The Balaban J connectivity index is 2.27. The summed E-state index contributed by atoms with van der Waals surface area (Å²) in [6, 6.07) is 0.161. The van der Waals surface area contributed by atoms with Crippen molar-refractivity contribution in [3.05, 3.63) is 0 Å². The number of carbonyl (C=O) groups is 1. The van der Waals surface area contributed by atoms with Gasteiger partial charge in [-0.15, -0.1) is 0 Å². The van der Waals surface area contributed by atoms with Gasteiger partial charge in [0, 0.05) is 12.6 Å². The molecule has 0 aromatic heterocycles. The third kappa shape index (κ3) is 4.49. The number of ether oxygens (including phenoxy) is 2. The van der Waals surface area contributed by atoms with Crippen molar-refractivity contribution in [3.63, 3.8) is 0 Å². The molecule has 4 heteroatoms. The molecule has 0 bridgehead atoms. The van der Waals surface area contributed by atoms with Crippen LogP contribution >= 0.6 is 0 Å². The molecular formula is C12H23NO3. The van der Waals surface area contributed by atoms with Gasteiger partial charge in [-0.25, -0.2) is 0 Å². The molecule has 0 spiro atoms. The SMILES string of the molecule is CCOCC(C)OC(=O)C1CCCC(N)C1. The topological polar surface area (TPSA) is 61.5 Å². The van der Waals surface area contributed by atoms with Crippen LogP contribution in [-0.4, -0.2) is 31.3 Å². The number of hydrogen-bond acceptors (Lipinski definition) is 4. The van der Waals surface area contributed by atoms with Crippen molar-refractivity contribution in [2.45, 2.75) is 51.7 Å². The minimum Gasteiger partial charge on any atom is -0.460 e. The zero-order valence-corrected chi connectivity index (χ0v) is 10.3. The van der Waals surface area contributed by atoms with E-state index in [1.165, 1.54) is 0 Å². The van der Waals surface area contributed by atoms with E-state index in [0.29, 0.717) is 13.2 Å². The molecule has 0 radical (unpaired) electrons. The summed E-state index contributed by atoms with van der Waals surface area (Å²) in [4.78, 5) is 11.8. The molecule has 1 saturated carbocycles. The number of esters is 1. The van der Waals surface area contributed by atoms with E-state index in [1.54, 1.807) is 0 Å². The Morgan fingerprint density at radius 3 is 2.88 bits per heavy atom. The van der Waals surface area contributed by atoms with E-state index in [1.807, 2.05) is 13.8 Å². The highest BCUT2D eigenvalue weighted by molar-refractivity contribution is 5.72. The molecule has 0 aromatic carbocycles. The number of rotatable bonds is 5. The summed E-state index contributed by atoms with van der Waals surface area (Å²) in [6.45, 7) is 4.90. The lowest BCUT2D eigenvalue weighted by Crippen LogP contribution is -2.34. The fraction of sp³-hybridized carbons (Fsp3) is 0.917. The molecule has 2 N–H and O–H groups in total. The van der Waals surface area contributed by atoms with E-state index in [2.05, 4.69) is 0 Å². The van der Waals surface area contributed by atoms with Gasteiger partial charge in [0.25, 0.3) is 0 Å². The lowest BCUT2D eigenvalue weighted by atomic mass is 9.86. The van der Waals surface area contributed by atoms with E-state index < -0.39 is 0 Å². The average Bonchev–Trinajstić information content (AvgIpc) is 2.26. The monoisotopic (exact) mass is 229 g/mol. The Bertz CT molecular complexity index is 220. The molecule has 0 saturated heterocycles. The molecule has 1 aliphatic carbocycles. The van der Waals surface area contributed by atoms with E-state index >= 15 is 0 Å². The molecule has 3 atom stereocenters. The lowest BCUT2D eigenvalue weighted by molar-refractivity contribution is -0.157. The third-order valence-corrected chi connectivity index (χ3v) is 2.92. The van der Waals surface area contributed by atoms with Crippen LogP contribution < -0.4 is 5.73 Å². The van der Waals surface area contributed by atoms with Crippen LogP contribution in [0.2, 0.25) is 0 Å². The van der Waals surface area contributed by atoms with Gasteiger partial charge in [-0.05, 0) is 33.1 Å². The van der Waals surface area contributed by atoms with Gasteiger partial charge < -0.3 is 15.2 Å². The van der Waals surface area contributed by atoms with Gasteiger partial charge in [-0.3, -0.25) is 4.79 Å². The van der Waals surface area contributed by atoms with Crippen molar-refractivity contribution < 1.29 is 14.3 Å². The quantitative estimate of drug-likeness (QED) is 0.725. The minimum absolute atomic E-state index is 0.00664. The Morgan fingerprint density at radius 1 is 1.50 bits per heavy atom. The van der Waals surface area contributed by atoms with Crippen molar-refractivity contribution in [1.29, 1.82) is 0 Å². The van der Waals surface area contributed by atoms with E-state index in [0.717, 1.165) is 25.7 Å². The Hall–Kier alpha value is -0.610. The molecule has 0 aliphatic heterocycles. The molecular weight excluding hydrogens is 206 g/mol. The summed E-state index contributed by atoms with van der Waals surface area (Å²) < 4.78 is 10.5. The lowest BCUT2D eigenvalue weighted by Gasteiger charge is -2.26. The maximum absolute atomic E-state index is 11.8. The largest absolute Gasteiger partial charge is 0.460 e. The summed E-state index contributed by atoms with van der Waals surface area (Å²) in [5.41, 5.74) is 5.84. The molecule has 16 heavy (non-hydrogen) atoms. The maximum Gasteiger partial charge on any atom is 0.309 e. The van der Waals surface area contributed by atoms with E-state index in [9.17, 15) is 4.79 Å². The van der Waals surface area contributed by atoms with Crippen LogP contribution in [0.1, 0.15) is 39.5 Å². The summed E-state index contributed by atoms with van der Waals surface area (Å²) in [6.07, 6.45) is 3.57. The van der Waals surface area contributed by atoms with Crippen LogP contribution in [0.4, 0.5) is 0 Å². The van der Waals surface area contributed by atoms with Crippen molar-refractivity contribution in [2.75, 3.05) is 13.2 Å². The van der Waals surface area contributed by atoms with Crippen molar-refractivity contribution in [1.82, 2.24) is 0 Å². The molecule has 1 rings (SSSR count). The predicted molar refractivity (Wildman–Crippen MR) is 62.0 cm³/mol. The normalized spacial score (nSPS) is 27.4. The van der Waals surface area contributed by atoms with Crippen LogP contribution in [0.3, 0.4) is 0 Å². The highest BCUT2D eigenvalue weighted by Crippen LogP contribution is 2.24. The Morgan fingerprint density at radius 2 is 2.25 bits per heavy atom. The van der Waals surface area contributed by atoms with Crippen LogP contribution in [0.15, 0.2) is 0 Å². The molecule has 4 nitrogen and oxygen atoms in total. The second-order valence-electron chi connectivity index (χ2n) is 4.53. The van der Waals surface area contributed by atoms with E-state index in [-0.39, 0.29) is 24.0 Å². The summed E-state index contributed by atoms with van der Waals surface area (Å²) in [5.74, 6) is -0.116. The predicted octanol–water partition coefficient (Wildman–Crippen LogP) is 1.47. The number of carbonyl (C=O) groups excluding carboxylic acids is 1. The third-order valence-electron chi connectivity index (χ3n) is 2.92. The highest BCUT2D eigenvalue weighted by atomic mass is 16.6. The average molecular weight is 229 g/mol. The minimum atomic E-state index is -0.161. The molecule has 3 unspecified atom stereocenters. The molecule has 94 valence electrons. The fourth-order valence-corrected chi connectivity index (χ4v) is 2.05. The number of nitrogens with two attached hydrogens (primary N) is 1. The van der Waals surface area contributed by atoms with Gasteiger partial charge in [0.1, 0.15) is 6.10 Å². The van der Waals surface area contributed by atoms with Gasteiger partial charge in [-0.2, -0.15) is 0 Å². The zero-order chi connectivity index (χ0) is 12.0. The fourth-order valence-electron chi connectivity index (χ4n) is 2.05. The Kier molecular flexibility index (Phi) is 5.77. The number of hydrogen-bond donors (Lipinski definition) is 1. The van der Waals surface area contributed by atoms with E-state index in [4.69, 9.17) is 15.2 Å². The highest BCUT2D eigenvalue weighted by Gasteiger charge is 2.27. The molecule has 1 fully saturated rings. The van der Waals surface area contributed by atoms with Crippen LogP contribution in [0.25, 0.3) is 0 Å². The summed E-state index contributed by atoms with van der Waals surface area (Å²) in [7, 11) is 0. The first-order chi connectivity index (χ1) is 7.63. The van der Waals surface area contributed by atoms with Crippen LogP contribution in [0.5, 0.6) is 0 Å². The van der Waals surface area contributed by atoms with Crippen LogP contribution in [0, 0.1) is 5.92 Å². The smallest absolute Gasteiger partial charge is 0.309 e. The van der Waals surface area contributed by atoms with Gasteiger partial charge in [0.15, 0.2) is 0 Å². The molecule has 0 heterocycles. The second kappa shape index (κ2) is 6.86. The molecule has 0 aromatic rings. The first-order valence-electron chi connectivity index (χ1n) is 6.17. The Labute approximate surface area is 97.5 Å². The summed E-state index contributed by atoms with van der Waals surface area (Å²) in [5, 5.41) is 0. The summed E-state index contributed by atoms with van der Waals surface area (Å²) >= 11 is 0. The molecule has 1 aliphatic rings. The maximum atomic E-state index is 11.8.